The second-order valence-electron chi connectivity index (χ2n) is 6.73. The Balaban J connectivity index is 1.78. The van der Waals surface area contributed by atoms with Gasteiger partial charge in [-0.25, -0.2) is 0 Å². The van der Waals surface area contributed by atoms with Gasteiger partial charge in [0.15, 0.2) is 0 Å². The Kier molecular flexibility index (Phi) is 5.68. The molecule has 0 aliphatic carbocycles. The van der Waals surface area contributed by atoms with E-state index in [4.69, 9.17) is 22.1 Å². The van der Waals surface area contributed by atoms with Crippen LogP contribution in [0.5, 0.6) is 5.75 Å². The summed E-state index contributed by atoms with van der Waals surface area (Å²) in [6.45, 7) is 0.445. The second-order valence-corrected chi connectivity index (χ2v) is 12.5. The highest BCUT2D eigenvalue weighted by Gasteiger charge is 2.48. The lowest BCUT2D eigenvalue weighted by Crippen LogP contribution is -2.67. The van der Waals surface area contributed by atoms with Crippen LogP contribution in [0.15, 0.2) is 78.9 Å². The molecule has 3 aromatic carbocycles. The molecule has 0 unspecified atom stereocenters. The van der Waals surface area contributed by atoms with Crippen LogP contribution in [0.1, 0.15) is 5.56 Å². The lowest BCUT2D eigenvalue weighted by Gasteiger charge is -2.37. The quantitative estimate of drug-likeness (QED) is 0.566. The van der Waals surface area contributed by atoms with Crippen molar-refractivity contribution in [2.24, 2.45) is 0 Å². The van der Waals surface area contributed by atoms with Crippen molar-refractivity contribution in [3.8, 4) is 5.75 Å². The summed E-state index contributed by atoms with van der Waals surface area (Å²) in [6.07, 6.45) is 0. The number of hydrogen-bond acceptors (Lipinski definition) is 5. The van der Waals surface area contributed by atoms with Crippen molar-refractivity contribution in [1.82, 2.24) is 0 Å². The molecule has 0 saturated carbocycles. The van der Waals surface area contributed by atoms with E-state index in [-0.39, 0.29) is 0 Å². The van der Waals surface area contributed by atoms with Crippen LogP contribution in [0.2, 0.25) is 0 Å². The maximum absolute atomic E-state index is 6.67. The summed E-state index contributed by atoms with van der Waals surface area (Å²) in [7, 11) is -0.956. The maximum atomic E-state index is 6.67. The number of fused-ring (bicyclic) bond motifs is 1. The van der Waals surface area contributed by atoms with Gasteiger partial charge >= 0.3 is 17.4 Å². The molecular formula is C22H24O5Si2. The average Bonchev–Trinajstić information content (AvgIpc) is 2.81. The molecule has 1 heterocycles. The first-order chi connectivity index (χ1) is 14.2. The zero-order valence-electron chi connectivity index (χ0n) is 16.8. The van der Waals surface area contributed by atoms with Crippen molar-refractivity contribution in [2.75, 3.05) is 21.3 Å². The summed E-state index contributed by atoms with van der Waals surface area (Å²) < 4.78 is 30.1. The minimum atomic E-state index is -2.92. The molecule has 29 heavy (non-hydrogen) atoms. The van der Waals surface area contributed by atoms with E-state index in [1.807, 2.05) is 54.6 Å². The molecule has 5 nitrogen and oxygen atoms in total. The third-order valence-corrected chi connectivity index (χ3v) is 11.1. The van der Waals surface area contributed by atoms with E-state index >= 15 is 0 Å². The zero-order valence-corrected chi connectivity index (χ0v) is 18.8. The van der Waals surface area contributed by atoms with Crippen LogP contribution in [-0.4, -0.2) is 38.7 Å². The fraction of sp³-hybridized carbons (Fsp3) is 0.182. The molecule has 0 bridgehead atoms. The van der Waals surface area contributed by atoms with Gasteiger partial charge in [0.25, 0.3) is 0 Å². The van der Waals surface area contributed by atoms with Crippen molar-refractivity contribution in [3.05, 3.63) is 84.4 Å². The van der Waals surface area contributed by atoms with Gasteiger partial charge in [-0.15, -0.1) is 0 Å². The van der Waals surface area contributed by atoms with E-state index in [0.717, 1.165) is 26.9 Å². The fourth-order valence-corrected chi connectivity index (χ4v) is 8.65. The first-order valence-corrected chi connectivity index (χ1v) is 12.9. The van der Waals surface area contributed by atoms with E-state index in [1.165, 1.54) is 0 Å². The molecule has 1 aliphatic rings. The van der Waals surface area contributed by atoms with E-state index in [2.05, 4.69) is 24.3 Å². The zero-order chi connectivity index (χ0) is 20.3. The number of hydrogen-bond donors (Lipinski definition) is 0. The summed E-state index contributed by atoms with van der Waals surface area (Å²) in [4.78, 5) is 0. The molecule has 0 radical (unpaired) electrons. The van der Waals surface area contributed by atoms with Gasteiger partial charge in [0.1, 0.15) is 5.75 Å². The summed E-state index contributed by atoms with van der Waals surface area (Å²) in [5.41, 5.74) is 0.959. The van der Waals surface area contributed by atoms with Gasteiger partial charge in [0.05, 0.1) is 6.61 Å². The topological polar surface area (TPSA) is 46.2 Å². The van der Waals surface area contributed by atoms with E-state index < -0.39 is 17.4 Å². The lowest BCUT2D eigenvalue weighted by molar-refractivity contribution is 0.140. The summed E-state index contributed by atoms with van der Waals surface area (Å²) in [5.74, 6) is 0.825. The van der Waals surface area contributed by atoms with Crippen LogP contribution in [0.4, 0.5) is 0 Å². The SMILES string of the molecule is CO[Si](OC)(OC)c1ccc2c(c1)CO[Si](c1ccccc1)(c1ccccc1)O2. The van der Waals surface area contributed by atoms with Crippen LogP contribution >= 0.6 is 0 Å². The second kappa shape index (κ2) is 8.23. The highest BCUT2D eigenvalue weighted by molar-refractivity contribution is 6.93. The minimum absolute atomic E-state index is 0.445. The predicted octanol–water partition coefficient (Wildman–Crippen LogP) is 1.94. The van der Waals surface area contributed by atoms with Gasteiger partial charge in [-0.2, -0.15) is 0 Å². The molecule has 0 aromatic heterocycles. The Labute approximate surface area is 173 Å². The van der Waals surface area contributed by atoms with Crippen LogP contribution < -0.4 is 20.0 Å². The monoisotopic (exact) mass is 424 g/mol. The van der Waals surface area contributed by atoms with Crippen LogP contribution in [0.25, 0.3) is 0 Å². The van der Waals surface area contributed by atoms with Gasteiger partial charge in [-0.3, -0.25) is 0 Å². The molecule has 3 aromatic rings. The van der Waals surface area contributed by atoms with Crippen LogP contribution in [0, 0.1) is 0 Å². The molecule has 0 N–H and O–H groups in total. The Hall–Kier alpha value is -2.27. The van der Waals surface area contributed by atoms with Gasteiger partial charge in [0.2, 0.25) is 0 Å². The minimum Gasteiger partial charge on any atom is -0.514 e. The molecular weight excluding hydrogens is 400 g/mol. The normalized spacial score (nSPS) is 15.4. The summed E-state index contributed by atoms with van der Waals surface area (Å²) >= 11 is 0. The fourth-order valence-electron chi connectivity index (χ4n) is 3.72. The van der Waals surface area contributed by atoms with Crippen LogP contribution in [0.3, 0.4) is 0 Å². The maximum Gasteiger partial charge on any atom is 0.536 e. The average molecular weight is 425 g/mol. The summed E-state index contributed by atoms with van der Waals surface area (Å²) in [5, 5.41) is 3.04. The predicted molar refractivity (Wildman–Crippen MR) is 116 cm³/mol. The third kappa shape index (κ3) is 3.46. The van der Waals surface area contributed by atoms with Crippen molar-refractivity contribution in [1.29, 1.82) is 0 Å². The van der Waals surface area contributed by atoms with E-state index in [1.54, 1.807) is 21.3 Å². The van der Waals surface area contributed by atoms with Gasteiger partial charge in [-0.1, -0.05) is 66.7 Å². The molecule has 0 atom stereocenters. The number of benzene rings is 3. The molecule has 7 heteroatoms. The summed E-state index contributed by atoms with van der Waals surface area (Å²) in [6, 6.07) is 26.4. The van der Waals surface area contributed by atoms with Crippen molar-refractivity contribution in [3.63, 3.8) is 0 Å². The smallest absolute Gasteiger partial charge is 0.514 e. The Bertz CT molecular complexity index is 914. The molecule has 0 fully saturated rings. The van der Waals surface area contributed by atoms with E-state index in [0.29, 0.717) is 6.61 Å². The number of rotatable bonds is 6. The lowest BCUT2D eigenvalue weighted by atomic mass is 10.2. The molecule has 4 rings (SSSR count). The molecule has 1 aliphatic heterocycles. The van der Waals surface area contributed by atoms with Crippen molar-refractivity contribution in [2.45, 2.75) is 6.61 Å². The van der Waals surface area contributed by atoms with Gasteiger partial charge in [-0.05, 0) is 12.1 Å². The van der Waals surface area contributed by atoms with Crippen molar-refractivity contribution < 1.29 is 22.1 Å². The van der Waals surface area contributed by atoms with Crippen LogP contribution in [-0.2, 0) is 24.3 Å². The highest BCUT2D eigenvalue weighted by atomic mass is 28.4. The molecule has 0 amide bonds. The standard InChI is InChI=1S/C22H24O5Si2/c1-23-29(24-2,25-3)21-14-15-22-18(16-21)17-26-28(27-22,19-10-6-4-7-11-19)20-12-8-5-9-13-20/h4-16H,17H2,1-3H3. The Morgan fingerprint density at radius 3 is 1.83 bits per heavy atom. The van der Waals surface area contributed by atoms with Gasteiger partial charge in [0, 0.05) is 42.5 Å². The highest BCUT2D eigenvalue weighted by Crippen LogP contribution is 2.29. The molecule has 0 saturated heterocycles. The third-order valence-electron chi connectivity index (χ3n) is 5.21. The molecule has 0 spiro atoms. The van der Waals surface area contributed by atoms with Gasteiger partial charge < -0.3 is 22.1 Å². The Morgan fingerprint density at radius 1 is 0.759 bits per heavy atom. The first kappa shape index (κ1) is 20.0. The molecule has 150 valence electrons. The Morgan fingerprint density at radius 2 is 1.31 bits per heavy atom. The van der Waals surface area contributed by atoms with E-state index in [9.17, 15) is 0 Å². The largest absolute Gasteiger partial charge is 0.536 e. The van der Waals surface area contributed by atoms with Crippen molar-refractivity contribution >= 4 is 32.9 Å². The first-order valence-electron chi connectivity index (χ1n) is 9.40.